The summed E-state index contributed by atoms with van der Waals surface area (Å²) in [5, 5.41) is 8.69. The van der Waals surface area contributed by atoms with Crippen LogP contribution in [0, 0.1) is 5.92 Å². The zero-order valence-electron chi connectivity index (χ0n) is 23.6. The van der Waals surface area contributed by atoms with Gasteiger partial charge in [0.05, 0.1) is 23.3 Å². The van der Waals surface area contributed by atoms with E-state index in [2.05, 4.69) is 30.3 Å². The second-order valence-corrected chi connectivity index (χ2v) is 11.3. The van der Waals surface area contributed by atoms with Crippen molar-refractivity contribution in [3.05, 3.63) is 90.3 Å². The fourth-order valence-corrected chi connectivity index (χ4v) is 5.56. The number of aromatic nitrogens is 3. The van der Waals surface area contributed by atoms with E-state index >= 15 is 0 Å². The average Bonchev–Trinajstić information content (AvgIpc) is 3.60. The molecular formula is C31H26F3N7O3S. The van der Waals surface area contributed by atoms with Crippen LogP contribution in [0.2, 0.25) is 0 Å². The third kappa shape index (κ3) is 7.76. The number of alkyl halides is 3. The molecule has 6 rings (SSSR count). The lowest BCUT2D eigenvalue weighted by Crippen LogP contribution is -2.31. The quantitative estimate of drug-likeness (QED) is 0.170. The van der Waals surface area contributed by atoms with Crippen LogP contribution in [0.3, 0.4) is 0 Å². The van der Waals surface area contributed by atoms with Crippen molar-refractivity contribution in [3.63, 3.8) is 0 Å². The maximum absolute atomic E-state index is 12.7. The van der Waals surface area contributed by atoms with Crippen molar-refractivity contribution in [2.75, 3.05) is 10.7 Å². The molecule has 1 aliphatic carbocycles. The molecule has 14 heteroatoms. The number of ether oxygens (including phenoxy) is 1. The number of halogens is 3. The lowest BCUT2D eigenvalue weighted by Gasteiger charge is -2.19. The van der Waals surface area contributed by atoms with Gasteiger partial charge in [-0.1, -0.05) is 67.1 Å². The minimum Gasteiger partial charge on any atom is -0.406 e. The van der Waals surface area contributed by atoms with E-state index in [9.17, 15) is 22.8 Å². The summed E-state index contributed by atoms with van der Waals surface area (Å²) < 4.78 is 42.5. The van der Waals surface area contributed by atoms with Crippen molar-refractivity contribution >= 4 is 40.8 Å². The molecule has 2 aliphatic rings. The molecule has 1 aromatic heterocycles. The van der Waals surface area contributed by atoms with E-state index in [1.54, 1.807) is 24.3 Å². The first-order valence-corrected chi connectivity index (χ1v) is 15.0. The largest absolute Gasteiger partial charge is 0.573 e. The lowest BCUT2D eigenvalue weighted by molar-refractivity contribution is -0.274. The van der Waals surface area contributed by atoms with E-state index in [0.717, 1.165) is 30.0 Å². The molecule has 1 aliphatic heterocycles. The Morgan fingerprint density at radius 1 is 1.07 bits per heavy atom. The predicted octanol–water partition coefficient (Wildman–Crippen LogP) is 6.36. The molecule has 0 radical (unpaired) electrons. The number of urea groups is 1. The number of anilines is 1. The Morgan fingerprint density at radius 3 is 2.56 bits per heavy atom. The SMILES string of the molecule is O=C(N=C1SCC(=O)N1c1ccccc1CCC1CC1)N/N=C/c1ccc(-c2ncn(-c3ccc(OC(F)(F)F)cc3)n2)cc1. The van der Waals surface area contributed by atoms with Crippen LogP contribution in [0.5, 0.6) is 5.75 Å². The highest BCUT2D eigenvalue weighted by atomic mass is 32.2. The van der Waals surface area contributed by atoms with Gasteiger partial charge in [0.15, 0.2) is 11.0 Å². The topological polar surface area (TPSA) is 114 Å². The van der Waals surface area contributed by atoms with Gasteiger partial charge >= 0.3 is 12.4 Å². The number of amides is 3. The summed E-state index contributed by atoms with van der Waals surface area (Å²) in [5.74, 6) is 0.911. The minimum absolute atomic E-state index is 0.123. The van der Waals surface area contributed by atoms with Crippen molar-refractivity contribution < 1.29 is 27.5 Å². The third-order valence-electron chi connectivity index (χ3n) is 7.08. The number of carbonyl (C=O) groups excluding carboxylic acids is 2. The van der Waals surface area contributed by atoms with E-state index in [1.807, 2.05) is 24.3 Å². The Labute approximate surface area is 260 Å². The van der Waals surface area contributed by atoms with Crippen molar-refractivity contribution in [3.8, 4) is 22.8 Å². The summed E-state index contributed by atoms with van der Waals surface area (Å²) in [4.78, 5) is 35.2. The molecule has 0 bridgehead atoms. The number of benzene rings is 3. The van der Waals surface area contributed by atoms with Crippen LogP contribution in [0.15, 0.2) is 89.2 Å². The maximum atomic E-state index is 12.7. The Morgan fingerprint density at radius 2 is 1.82 bits per heavy atom. The van der Waals surface area contributed by atoms with E-state index in [-0.39, 0.29) is 17.4 Å². The number of para-hydroxylation sites is 1. The number of rotatable bonds is 9. The number of thioether (sulfide) groups is 1. The van der Waals surface area contributed by atoms with Crippen LogP contribution < -0.4 is 15.1 Å². The predicted molar refractivity (Wildman–Crippen MR) is 164 cm³/mol. The maximum Gasteiger partial charge on any atom is 0.573 e. The fraction of sp³-hybridized carbons (Fsp3) is 0.226. The van der Waals surface area contributed by atoms with Gasteiger partial charge in [-0.25, -0.2) is 19.9 Å². The number of hydrogen-bond acceptors (Lipinski definition) is 7. The molecule has 2 fully saturated rings. The Hall–Kier alpha value is -4.98. The fourth-order valence-electron chi connectivity index (χ4n) is 4.70. The first-order valence-electron chi connectivity index (χ1n) is 14.1. The molecule has 4 aromatic rings. The second kappa shape index (κ2) is 12.9. The van der Waals surface area contributed by atoms with Crippen LogP contribution in [0.25, 0.3) is 17.1 Å². The van der Waals surface area contributed by atoms with Gasteiger partial charge < -0.3 is 4.74 Å². The van der Waals surface area contributed by atoms with Crippen molar-refractivity contribution in [2.45, 2.75) is 32.0 Å². The molecule has 1 saturated heterocycles. The molecular weight excluding hydrogens is 607 g/mol. The normalized spacial score (nSPS) is 16.1. The molecule has 1 N–H and O–H groups in total. The van der Waals surface area contributed by atoms with Gasteiger partial charge in [0.1, 0.15) is 12.1 Å². The molecule has 0 atom stereocenters. The van der Waals surface area contributed by atoms with Gasteiger partial charge in [-0.2, -0.15) is 10.1 Å². The number of nitrogens with one attached hydrogen (secondary N) is 1. The summed E-state index contributed by atoms with van der Waals surface area (Å²) in [6.07, 6.45) is 2.60. The van der Waals surface area contributed by atoms with E-state index in [4.69, 9.17) is 0 Å². The highest BCUT2D eigenvalue weighted by Crippen LogP contribution is 2.36. The first-order chi connectivity index (χ1) is 21.7. The van der Waals surface area contributed by atoms with Crippen molar-refractivity contribution in [1.82, 2.24) is 20.2 Å². The summed E-state index contributed by atoms with van der Waals surface area (Å²) in [7, 11) is 0. The molecule has 1 saturated carbocycles. The Kier molecular flexibility index (Phi) is 8.65. The number of aliphatic imine (C=N–C) groups is 1. The molecule has 10 nitrogen and oxygen atoms in total. The second-order valence-electron chi connectivity index (χ2n) is 10.4. The van der Waals surface area contributed by atoms with Crippen LogP contribution in [0.4, 0.5) is 23.7 Å². The van der Waals surface area contributed by atoms with E-state index in [1.165, 1.54) is 71.0 Å². The highest BCUT2D eigenvalue weighted by molar-refractivity contribution is 8.15. The summed E-state index contributed by atoms with van der Waals surface area (Å²) >= 11 is 1.21. The van der Waals surface area contributed by atoms with E-state index in [0.29, 0.717) is 27.8 Å². The van der Waals surface area contributed by atoms with Gasteiger partial charge in [-0.3, -0.25) is 9.69 Å². The van der Waals surface area contributed by atoms with Gasteiger partial charge in [-0.15, -0.1) is 18.3 Å². The van der Waals surface area contributed by atoms with Crippen LogP contribution in [0.1, 0.15) is 30.4 Å². The molecule has 45 heavy (non-hydrogen) atoms. The van der Waals surface area contributed by atoms with Gasteiger partial charge in [-0.05, 0) is 60.2 Å². The van der Waals surface area contributed by atoms with Crippen LogP contribution in [-0.2, 0) is 11.2 Å². The number of hydrogen-bond donors (Lipinski definition) is 1. The lowest BCUT2D eigenvalue weighted by atomic mass is 10.0. The number of aryl methyl sites for hydroxylation is 1. The number of nitrogens with zero attached hydrogens (tertiary/aromatic N) is 6. The monoisotopic (exact) mass is 633 g/mol. The zero-order valence-corrected chi connectivity index (χ0v) is 24.5. The number of hydrazone groups is 1. The number of carbonyl (C=O) groups is 2. The Bertz CT molecular complexity index is 1750. The molecule has 0 spiro atoms. The van der Waals surface area contributed by atoms with E-state index < -0.39 is 12.4 Å². The average molecular weight is 634 g/mol. The number of amidine groups is 1. The summed E-state index contributed by atoms with van der Waals surface area (Å²) in [6, 6.07) is 19.3. The molecule has 0 unspecified atom stereocenters. The standard InChI is InChI=1S/C31H26F3N7O3S/c32-31(33,34)44-25-15-13-24(14-16-25)40-19-35-28(39-40)23-11-8-21(9-12-23)17-36-38-29(43)37-30-41(27(42)18-45-30)26-4-2-1-3-22(26)10-7-20-5-6-20/h1-4,8-9,11-17,19-20H,5-7,10,18H2,(H,38,43)/b36-17+,37-30?. The van der Waals surface area contributed by atoms with Gasteiger partial charge in [0, 0.05) is 5.56 Å². The molecule has 3 aromatic carbocycles. The molecule has 3 amide bonds. The summed E-state index contributed by atoms with van der Waals surface area (Å²) in [5.41, 5.74) is 6.09. The molecule has 2 heterocycles. The smallest absolute Gasteiger partial charge is 0.406 e. The minimum atomic E-state index is -4.77. The zero-order chi connectivity index (χ0) is 31.4. The van der Waals surface area contributed by atoms with Crippen LogP contribution in [-0.4, -0.2) is 50.2 Å². The van der Waals surface area contributed by atoms with Crippen molar-refractivity contribution in [1.29, 1.82) is 0 Å². The van der Waals surface area contributed by atoms with Gasteiger partial charge in [0.25, 0.3) is 0 Å². The van der Waals surface area contributed by atoms with Crippen molar-refractivity contribution in [2.24, 2.45) is 16.0 Å². The summed E-state index contributed by atoms with van der Waals surface area (Å²) in [6.45, 7) is 0. The third-order valence-corrected chi connectivity index (χ3v) is 8.01. The molecule has 230 valence electrons. The first kappa shape index (κ1) is 30.1. The van der Waals surface area contributed by atoms with Gasteiger partial charge in [0.2, 0.25) is 5.91 Å². The highest BCUT2D eigenvalue weighted by Gasteiger charge is 2.32. The Balaban J connectivity index is 1.06. The van der Waals surface area contributed by atoms with Crippen LogP contribution >= 0.6 is 11.8 Å².